The quantitative estimate of drug-likeness (QED) is 0.729. The summed E-state index contributed by atoms with van der Waals surface area (Å²) in [6, 6.07) is 8.40. The van der Waals surface area contributed by atoms with Crippen molar-refractivity contribution in [3.05, 3.63) is 50.4 Å². The molecule has 0 aromatic heterocycles. The maximum absolute atomic E-state index is 12.0. The zero-order valence-corrected chi connectivity index (χ0v) is 14.7. The monoisotopic (exact) mass is 402 g/mol. The Morgan fingerprint density at radius 3 is 2.68 bits per heavy atom. The molecule has 1 amide bonds. The van der Waals surface area contributed by atoms with E-state index in [2.05, 4.69) is 21.2 Å². The van der Waals surface area contributed by atoms with Crippen molar-refractivity contribution in [2.75, 3.05) is 17.7 Å². The average molecular weight is 404 g/mol. The SMILES string of the molecule is Cc1cc(Cl)cc(Cl)c1OCC(=O)Nc1ccc(N)cc1Br. The maximum atomic E-state index is 12.0. The van der Waals surface area contributed by atoms with E-state index in [1.165, 1.54) is 0 Å². The highest BCUT2D eigenvalue weighted by Crippen LogP contribution is 2.32. The number of carbonyl (C=O) groups is 1. The van der Waals surface area contributed by atoms with Crippen LogP contribution in [0, 0.1) is 6.92 Å². The Labute approximate surface area is 146 Å². The highest BCUT2D eigenvalue weighted by Gasteiger charge is 2.11. The van der Waals surface area contributed by atoms with Gasteiger partial charge >= 0.3 is 0 Å². The van der Waals surface area contributed by atoms with E-state index in [1.54, 1.807) is 30.3 Å². The third kappa shape index (κ3) is 4.29. The van der Waals surface area contributed by atoms with Crippen LogP contribution in [0.15, 0.2) is 34.8 Å². The molecular formula is C15H13BrCl2N2O2. The van der Waals surface area contributed by atoms with Crippen molar-refractivity contribution in [3.63, 3.8) is 0 Å². The lowest BCUT2D eigenvalue weighted by atomic mass is 10.2. The standard InChI is InChI=1S/C15H13BrCl2N2O2/c1-8-4-9(17)5-12(18)15(8)22-7-14(21)20-13-3-2-10(19)6-11(13)16/h2-6H,7,19H2,1H3,(H,20,21). The van der Waals surface area contributed by atoms with Crippen molar-refractivity contribution in [1.82, 2.24) is 0 Å². The van der Waals surface area contributed by atoms with Gasteiger partial charge in [0, 0.05) is 15.2 Å². The number of nitrogens with one attached hydrogen (secondary N) is 1. The molecule has 0 unspecified atom stereocenters. The van der Waals surface area contributed by atoms with Crippen LogP contribution < -0.4 is 15.8 Å². The Morgan fingerprint density at radius 2 is 2.05 bits per heavy atom. The number of ether oxygens (including phenoxy) is 1. The largest absolute Gasteiger partial charge is 0.482 e. The van der Waals surface area contributed by atoms with E-state index in [1.807, 2.05) is 6.92 Å². The molecule has 0 aliphatic rings. The van der Waals surface area contributed by atoms with E-state index in [0.29, 0.717) is 31.6 Å². The number of hydrogen-bond acceptors (Lipinski definition) is 3. The fraction of sp³-hybridized carbons (Fsp3) is 0.133. The number of rotatable bonds is 4. The van der Waals surface area contributed by atoms with Crippen molar-refractivity contribution < 1.29 is 9.53 Å². The number of anilines is 2. The van der Waals surface area contributed by atoms with Gasteiger partial charge in [-0.1, -0.05) is 23.2 Å². The summed E-state index contributed by atoms with van der Waals surface area (Å²) in [5, 5.41) is 3.61. The third-order valence-electron chi connectivity index (χ3n) is 2.81. The first kappa shape index (κ1) is 16.9. The number of carbonyl (C=O) groups excluding carboxylic acids is 1. The summed E-state index contributed by atoms with van der Waals surface area (Å²) in [7, 11) is 0. The van der Waals surface area contributed by atoms with Crippen LogP contribution in [-0.4, -0.2) is 12.5 Å². The highest BCUT2D eigenvalue weighted by molar-refractivity contribution is 9.10. The van der Waals surface area contributed by atoms with Gasteiger partial charge in [0.05, 0.1) is 10.7 Å². The van der Waals surface area contributed by atoms with Crippen LogP contribution in [0.3, 0.4) is 0 Å². The van der Waals surface area contributed by atoms with Crippen LogP contribution in [-0.2, 0) is 4.79 Å². The molecule has 4 nitrogen and oxygen atoms in total. The zero-order chi connectivity index (χ0) is 16.3. The highest BCUT2D eigenvalue weighted by atomic mass is 79.9. The summed E-state index contributed by atoms with van der Waals surface area (Å²) in [4.78, 5) is 12.0. The Morgan fingerprint density at radius 1 is 1.32 bits per heavy atom. The summed E-state index contributed by atoms with van der Waals surface area (Å²) in [6.07, 6.45) is 0. The number of amides is 1. The Kier molecular flexibility index (Phi) is 5.56. The molecule has 116 valence electrons. The number of aryl methyl sites for hydroxylation is 1. The van der Waals surface area contributed by atoms with Gasteiger partial charge < -0.3 is 15.8 Å². The van der Waals surface area contributed by atoms with E-state index in [4.69, 9.17) is 33.7 Å². The molecule has 3 N–H and O–H groups in total. The molecule has 2 aromatic rings. The van der Waals surface area contributed by atoms with Gasteiger partial charge in [-0.25, -0.2) is 0 Å². The first-order chi connectivity index (χ1) is 10.4. The van der Waals surface area contributed by atoms with Crippen LogP contribution in [0.1, 0.15) is 5.56 Å². The van der Waals surface area contributed by atoms with Crippen LogP contribution in [0.5, 0.6) is 5.75 Å². The lowest BCUT2D eigenvalue weighted by Gasteiger charge is -2.12. The number of halogens is 3. The van der Waals surface area contributed by atoms with Crippen LogP contribution >= 0.6 is 39.1 Å². The normalized spacial score (nSPS) is 10.4. The molecule has 2 rings (SSSR count). The molecular weight excluding hydrogens is 391 g/mol. The predicted molar refractivity (Wildman–Crippen MR) is 93.9 cm³/mol. The van der Waals surface area contributed by atoms with Crippen molar-refractivity contribution in [2.24, 2.45) is 0 Å². The van der Waals surface area contributed by atoms with Crippen LogP contribution in [0.25, 0.3) is 0 Å². The molecule has 7 heteroatoms. The lowest BCUT2D eigenvalue weighted by molar-refractivity contribution is -0.118. The molecule has 0 fully saturated rings. The smallest absolute Gasteiger partial charge is 0.262 e. The number of nitrogens with two attached hydrogens (primary N) is 1. The van der Waals surface area contributed by atoms with Crippen LogP contribution in [0.4, 0.5) is 11.4 Å². The fourth-order valence-corrected chi connectivity index (χ4v) is 2.97. The van der Waals surface area contributed by atoms with Gasteiger partial charge in [-0.15, -0.1) is 0 Å². The molecule has 0 saturated carbocycles. The lowest BCUT2D eigenvalue weighted by Crippen LogP contribution is -2.20. The Bertz CT molecular complexity index is 700. The number of hydrogen-bond donors (Lipinski definition) is 2. The maximum Gasteiger partial charge on any atom is 0.262 e. The molecule has 0 aliphatic carbocycles. The van der Waals surface area contributed by atoms with Gasteiger partial charge in [0.25, 0.3) is 5.91 Å². The molecule has 22 heavy (non-hydrogen) atoms. The third-order valence-corrected chi connectivity index (χ3v) is 3.96. The topological polar surface area (TPSA) is 64.3 Å². The van der Waals surface area contributed by atoms with Crippen molar-refractivity contribution >= 4 is 56.4 Å². The minimum atomic E-state index is -0.309. The minimum absolute atomic E-state index is 0.168. The molecule has 0 atom stereocenters. The second-order valence-electron chi connectivity index (χ2n) is 4.61. The van der Waals surface area contributed by atoms with Gasteiger partial charge in [-0.3, -0.25) is 4.79 Å². The van der Waals surface area contributed by atoms with Crippen LogP contribution in [0.2, 0.25) is 10.0 Å². The Hall–Kier alpha value is -1.43. The van der Waals surface area contributed by atoms with Crippen molar-refractivity contribution in [1.29, 1.82) is 0 Å². The second kappa shape index (κ2) is 7.22. The molecule has 0 heterocycles. The van der Waals surface area contributed by atoms with E-state index >= 15 is 0 Å². The summed E-state index contributed by atoms with van der Waals surface area (Å²) in [5.74, 6) is 0.133. The number of benzene rings is 2. The van der Waals surface area contributed by atoms with E-state index in [-0.39, 0.29) is 12.5 Å². The van der Waals surface area contributed by atoms with Gasteiger partial charge in [-0.2, -0.15) is 0 Å². The molecule has 0 aliphatic heterocycles. The fourth-order valence-electron chi connectivity index (χ4n) is 1.83. The number of nitrogen functional groups attached to an aromatic ring is 1. The Balaban J connectivity index is 2.02. The van der Waals surface area contributed by atoms with E-state index in [9.17, 15) is 4.79 Å². The van der Waals surface area contributed by atoms with E-state index in [0.717, 1.165) is 5.56 Å². The van der Waals surface area contributed by atoms with Gasteiger partial charge in [-0.05, 0) is 58.7 Å². The van der Waals surface area contributed by atoms with E-state index < -0.39 is 0 Å². The molecule has 0 saturated heterocycles. The van der Waals surface area contributed by atoms with Gasteiger partial charge in [0.15, 0.2) is 6.61 Å². The summed E-state index contributed by atoms with van der Waals surface area (Å²) >= 11 is 15.3. The second-order valence-corrected chi connectivity index (χ2v) is 6.31. The molecule has 2 aromatic carbocycles. The minimum Gasteiger partial charge on any atom is -0.482 e. The predicted octanol–water partition coefficient (Wildman–Crippen LogP) is 4.66. The first-order valence-corrected chi connectivity index (χ1v) is 7.85. The average Bonchev–Trinajstić information content (AvgIpc) is 2.40. The van der Waals surface area contributed by atoms with Crippen molar-refractivity contribution in [2.45, 2.75) is 6.92 Å². The molecule has 0 bridgehead atoms. The first-order valence-electron chi connectivity index (χ1n) is 6.30. The summed E-state index contributed by atoms with van der Waals surface area (Å²) < 4.78 is 6.17. The van der Waals surface area contributed by atoms with Gasteiger partial charge in [0.1, 0.15) is 5.75 Å². The molecule has 0 radical (unpaired) electrons. The van der Waals surface area contributed by atoms with Gasteiger partial charge in [0.2, 0.25) is 0 Å². The summed E-state index contributed by atoms with van der Waals surface area (Å²) in [6.45, 7) is 1.64. The van der Waals surface area contributed by atoms with Crippen molar-refractivity contribution in [3.8, 4) is 5.75 Å². The zero-order valence-electron chi connectivity index (χ0n) is 11.6. The summed E-state index contributed by atoms with van der Waals surface area (Å²) in [5.41, 5.74) is 7.62. The molecule has 0 spiro atoms.